The number of carbonyl (C=O) groups excluding carboxylic acids is 3. The van der Waals surface area contributed by atoms with E-state index in [1.807, 2.05) is 30.3 Å². The Balaban J connectivity index is 2.66. The maximum atomic E-state index is 12.0. The fourth-order valence-corrected chi connectivity index (χ4v) is 1.66. The zero-order chi connectivity index (χ0) is 15.0. The van der Waals surface area contributed by atoms with Crippen molar-refractivity contribution in [3.63, 3.8) is 0 Å². The first kappa shape index (κ1) is 15.7. The topological polar surface area (TPSA) is 84.5 Å². The van der Waals surface area contributed by atoms with E-state index >= 15 is 0 Å². The number of esters is 1. The highest BCUT2D eigenvalue weighted by Crippen LogP contribution is 2.03. The molecular formula is C14H18N2O4. The highest BCUT2D eigenvalue weighted by atomic mass is 16.5. The zero-order valence-corrected chi connectivity index (χ0v) is 11.5. The van der Waals surface area contributed by atoms with Gasteiger partial charge in [0.25, 0.3) is 0 Å². The highest BCUT2D eigenvalue weighted by Gasteiger charge is 2.20. The summed E-state index contributed by atoms with van der Waals surface area (Å²) >= 11 is 0. The van der Waals surface area contributed by atoms with Crippen LogP contribution in [0.1, 0.15) is 12.5 Å². The van der Waals surface area contributed by atoms with Crippen LogP contribution in [0.3, 0.4) is 0 Å². The largest absolute Gasteiger partial charge is 0.468 e. The molecule has 6 heteroatoms. The lowest BCUT2D eigenvalue weighted by Gasteiger charge is -2.17. The number of amides is 2. The van der Waals surface area contributed by atoms with Crippen molar-refractivity contribution in [2.75, 3.05) is 13.7 Å². The molecule has 0 radical (unpaired) electrons. The lowest BCUT2D eigenvalue weighted by atomic mass is 10.1. The van der Waals surface area contributed by atoms with Crippen LogP contribution in [0, 0.1) is 0 Å². The number of nitrogens with one attached hydrogen (secondary N) is 2. The number of rotatable bonds is 6. The molecular weight excluding hydrogens is 260 g/mol. The second kappa shape index (κ2) is 7.93. The van der Waals surface area contributed by atoms with Crippen LogP contribution in [0.25, 0.3) is 0 Å². The Morgan fingerprint density at radius 2 is 1.85 bits per heavy atom. The molecule has 2 N–H and O–H groups in total. The van der Waals surface area contributed by atoms with E-state index in [1.54, 1.807) is 0 Å². The van der Waals surface area contributed by atoms with Crippen molar-refractivity contribution < 1.29 is 19.1 Å². The molecule has 1 aromatic carbocycles. The van der Waals surface area contributed by atoms with Crippen molar-refractivity contribution >= 4 is 17.8 Å². The first-order chi connectivity index (χ1) is 9.52. The summed E-state index contributed by atoms with van der Waals surface area (Å²) < 4.78 is 4.44. The molecule has 0 heterocycles. The predicted molar refractivity (Wildman–Crippen MR) is 72.8 cm³/mol. The minimum atomic E-state index is -0.723. The average Bonchev–Trinajstić information content (AvgIpc) is 2.44. The summed E-state index contributed by atoms with van der Waals surface area (Å²) in [6.45, 7) is 1.12. The van der Waals surface area contributed by atoms with Crippen molar-refractivity contribution in [1.29, 1.82) is 0 Å². The number of hydrogen-bond acceptors (Lipinski definition) is 4. The first-order valence-electron chi connectivity index (χ1n) is 6.18. The fourth-order valence-electron chi connectivity index (χ4n) is 1.66. The third kappa shape index (κ3) is 5.51. The summed E-state index contributed by atoms with van der Waals surface area (Å²) in [6.07, 6.45) is 0.355. The Morgan fingerprint density at radius 3 is 2.40 bits per heavy atom. The third-order valence-corrected chi connectivity index (χ3v) is 2.61. The van der Waals surface area contributed by atoms with Gasteiger partial charge in [-0.3, -0.25) is 14.4 Å². The van der Waals surface area contributed by atoms with Crippen molar-refractivity contribution in [2.45, 2.75) is 19.4 Å². The smallest absolute Gasteiger partial charge is 0.325 e. The van der Waals surface area contributed by atoms with E-state index in [-0.39, 0.29) is 12.5 Å². The van der Waals surface area contributed by atoms with Gasteiger partial charge in [-0.2, -0.15) is 0 Å². The van der Waals surface area contributed by atoms with E-state index in [0.29, 0.717) is 6.42 Å². The molecule has 0 aliphatic carbocycles. The maximum absolute atomic E-state index is 12.0. The summed E-state index contributed by atoms with van der Waals surface area (Å²) in [4.78, 5) is 34.1. The molecule has 1 rings (SSSR count). The molecule has 0 saturated heterocycles. The molecule has 0 unspecified atom stereocenters. The second-order valence-electron chi connectivity index (χ2n) is 4.24. The Hall–Kier alpha value is -2.37. The van der Waals surface area contributed by atoms with Crippen molar-refractivity contribution in [2.24, 2.45) is 0 Å². The standard InChI is InChI=1S/C14H18N2O4/c1-10(17)16-12(8-11-6-4-3-5-7-11)14(19)15-9-13(18)20-2/h3-7,12H,8-9H2,1-2H3,(H,15,19)(H,16,17)/t12-/m0/s1. The molecule has 0 bridgehead atoms. The summed E-state index contributed by atoms with van der Waals surface area (Å²) in [5, 5.41) is 5.00. The summed E-state index contributed by atoms with van der Waals surface area (Å²) in [5.74, 6) is -1.27. The summed E-state index contributed by atoms with van der Waals surface area (Å²) in [5.41, 5.74) is 0.916. The van der Waals surface area contributed by atoms with Crippen LogP contribution in [0.5, 0.6) is 0 Å². The normalized spacial score (nSPS) is 11.3. The van der Waals surface area contributed by atoms with E-state index in [9.17, 15) is 14.4 Å². The van der Waals surface area contributed by atoms with E-state index in [2.05, 4.69) is 15.4 Å². The number of carbonyl (C=O) groups is 3. The van der Waals surface area contributed by atoms with Gasteiger partial charge in [-0.25, -0.2) is 0 Å². The Kier molecular flexibility index (Phi) is 6.22. The molecule has 6 nitrogen and oxygen atoms in total. The first-order valence-corrected chi connectivity index (χ1v) is 6.18. The monoisotopic (exact) mass is 278 g/mol. The van der Waals surface area contributed by atoms with Gasteiger partial charge in [0, 0.05) is 13.3 Å². The quantitative estimate of drug-likeness (QED) is 0.719. The van der Waals surface area contributed by atoms with E-state index in [1.165, 1.54) is 14.0 Å². The average molecular weight is 278 g/mol. The van der Waals surface area contributed by atoms with Crippen molar-refractivity contribution in [3.8, 4) is 0 Å². The second-order valence-corrected chi connectivity index (χ2v) is 4.24. The molecule has 0 aromatic heterocycles. The maximum Gasteiger partial charge on any atom is 0.325 e. The predicted octanol–water partition coefficient (Wildman–Crippen LogP) is 0.0230. The van der Waals surface area contributed by atoms with E-state index in [0.717, 1.165) is 5.56 Å². The Morgan fingerprint density at radius 1 is 1.20 bits per heavy atom. The van der Waals surface area contributed by atoms with Crippen LogP contribution < -0.4 is 10.6 Å². The molecule has 0 aliphatic rings. The lowest BCUT2D eigenvalue weighted by molar-refractivity contribution is -0.141. The van der Waals surface area contributed by atoms with Gasteiger partial charge < -0.3 is 15.4 Å². The number of ether oxygens (including phenoxy) is 1. The van der Waals surface area contributed by atoms with Crippen LogP contribution in [0.2, 0.25) is 0 Å². The van der Waals surface area contributed by atoms with Gasteiger partial charge in [0.05, 0.1) is 7.11 Å². The molecule has 2 amide bonds. The highest BCUT2D eigenvalue weighted by molar-refractivity contribution is 5.89. The zero-order valence-electron chi connectivity index (χ0n) is 11.5. The molecule has 1 atom stereocenters. The van der Waals surface area contributed by atoms with Crippen LogP contribution in [0.15, 0.2) is 30.3 Å². The van der Waals surface area contributed by atoms with Crippen LogP contribution in [-0.2, 0) is 25.5 Å². The molecule has 0 aliphatic heterocycles. The van der Waals surface area contributed by atoms with Crippen LogP contribution in [0.4, 0.5) is 0 Å². The fraction of sp³-hybridized carbons (Fsp3) is 0.357. The van der Waals surface area contributed by atoms with Crippen molar-refractivity contribution in [3.05, 3.63) is 35.9 Å². The van der Waals surface area contributed by atoms with Gasteiger partial charge in [-0.1, -0.05) is 30.3 Å². The molecule has 108 valence electrons. The van der Waals surface area contributed by atoms with E-state index < -0.39 is 17.9 Å². The number of methoxy groups -OCH3 is 1. The lowest BCUT2D eigenvalue weighted by Crippen LogP contribution is -2.48. The van der Waals surface area contributed by atoms with Gasteiger partial charge in [-0.05, 0) is 5.56 Å². The SMILES string of the molecule is COC(=O)CNC(=O)[C@H](Cc1ccccc1)NC(C)=O. The minimum Gasteiger partial charge on any atom is -0.468 e. The van der Waals surface area contributed by atoms with Gasteiger partial charge in [0.2, 0.25) is 11.8 Å². The van der Waals surface area contributed by atoms with Gasteiger partial charge in [-0.15, -0.1) is 0 Å². The molecule has 0 saturated carbocycles. The minimum absolute atomic E-state index is 0.222. The van der Waals surface area contributed by atoms with Crippen molar-refractivity contribution in [1.82, 2.24) is 10.6 Å². The molecule has 0 fully saturated rings. The third-order valence-electron chi connectivity index (χ3n) is 2.61. The van der Waals surface area contributed by atoms with Crippen LogP contribution >= 0.6 is 0 Å². The molecule has 1 aromatic rings. The number of benzene rings is 1. The molecule has 0 spiro atoms. The summed E-state index contributed by atoms with van der Waals surface area (Å²) in [7, 11) is 1.24. The van der Waals surface area contributed by atoms with Gasteiger partial charge >= 0.3 is 5.97 Å². The number of hydrogen-bond donors (Lipinski definition) is 2. The van der Waals surface area contributed by atoms with E-state index in [4.69, 9.17) is 0 Å². The Labute approximate surface area is 117 Å². The van der Waals surface area contributed by atoms with Crippen LogP contribution in [-0.4, -0.2) is 37.5 Å². The molecule has 20 heavy (non-hydrogen) atoms. The Bertz CT molecular complexity index is 473. The van der Waals surface area contributed by atoms with Gasteiger partial charge in [0.15, 0.2) is 0 Å². The summed E-state index contributed by atoms with van der Waals surface area (Å²) in [6, 6.07) is 8.58. The van der Waals surface area contributed by atoms with Gasteiger partial charge in [0.1, 0.15) is 12.6 Å².